The van der Waals surface area contributed by atoms with Crippen LogP contribution in [0.5, 0.6) is 0 Å². The van der Waals surface area contributed by atoms with E-state index in [4.69, 9.17) is 0 Å². The number of carboxylic acids is 1. The van der Waals surface area contributed by atoms with Gasteiger partial charge in [0, 0.05) is 5.39 Å². The van der Waals surface area contributed by atoms with E-state index in [1.165, 1.54) is 0 Å². The molecule has 0 saturated carbocycles. The van der Waals surface area contributed by atoms with Crippen LogP contribution in [0.2, 0.25) is 0 Å². The molecule has 0 fully saturated rings. The highest BCUT2D eigenvalue weighted by atomic mass is 16.4. The predicted molar refractivity (Wildman–Crippen MR) is 79.1 cm³/mol. The number of fused-ring (bicyclic) bond motifs is 1. The number of carbonyl (C=O) groups is 1. The Labute approximate surface area is 116 Å². The first-order chi connectivity index (χ1) is 9.47. The van der Waals surface area contributed by atoms with E-state index >= 15 is 0 Å². The zero-order valence-electron chi connectivity index (χ0n) is 11.5. The monoisotopic (exact) mass is 274 g/mol. The van der Waals surface area contributed by atoms with E-state index in [1.54, 1.807) is 18.2 Å². The number of aromatic amines is 1. The van der Waals surface area contributed by atoms with Crippen LogP contribution in [0.3, 0.4) is 0 Å². The van der Waals surface area contributed by atoms with Crippen molar-refractivity contribution in [3.8, 4) is 0 Å². The summed E-state index contributed by atoms with van der Waals surface area (Å²) in [5.41, 5.74) is -0.223. The summed E-state index contributed by atoms with van der Waals surface area (Å²) < 4.78 is 0. The van der Waals surface area contributed by atoms with Crippen molar-refractivity contribution in [3.63, 3.8) is 0 Å². The van der Waals surface area contributed by atoms with Crippen molar-refractivity contribution >= 4 is 22.6 Å². The summed E-state index contributed by atoms with van der Waals surface area (Å²) >= 11 is 0. The molecule has 5 heteroatoms. The van der Waals surface area contributed by atoms with E-state index in [-0.39, 0.29) is 11.5 Å². The van der Waals surface area contributed by atoms with Crippen molar-refractivity contribution in [2.45, 2.75) is 26.3 Å². The van der Waals surface area contributed by atoms with E-state index in [2.05, 4.69) is 10.3 Å². The molecule has 3 N–H and O–H groups in total. The number of benzene rings is 1. The SMILES string of the molecule is CC(C)CC(Nc1cc2ccccc2c(=O)[nH]1)C(=O)O. The van der Waals surface area contributed by atoms with E-state index in [0.717, 1.165) is 5.39 Å². The minimum absolute atomic E-state index is 0.223. The summed E-state index contributed by atoms with van der Waals surface area (Å²) in [7, 11) is 0. The predicted octanol–water partition coefficient (Wildman–Crippen LogP) is 2.44. The lowest BCUT2D eigenvalue weighted by Gasteiger charge is -2.17. The smallest absolute Gasteiger partial charge is 0.326 e. The average molecular weight is 274 g/mol. The van der Waals surface area contributed by atoms with Gasteiger partial charge in [-0.1, -0.05) is 32.0 Å². The van der Waals surface area contributed by atoms with Gasteiger partial charge in [-0.2, -0.15) is 0 Å². The maximum absolute atomic E-state index is 11.9. The number of nitrogens with one attached hydrogen (secondary N) is 2. The highest BCUT2D eigenvalue weighted by Gasteiger charge is 2.19. The second kappa shape index (κ2) is 5.77. The Morgan fingerprint density at radius 1 is 1.35 bits per heavy atom. The van der Waals surface area contributed by atoms with Crippen LogP contribution in [0.15, 0.2) is 35.1 Å². The van der Waals surface area contributed by atoms with Gasteiger partial charge in [0.15, 0.2) is 0 Å². The molecule has 1 heterocycles. The largest absolute Gasteiger partial charge is 0.480 e. The topological polar surface area (TPSA) is 82.2 Å². The fourth-order valence-electron chi connectivity index (χ4n) is 2.17. The van der Waals surface area contributed by atoms with Gasteiger partial charge in [0.05, 0.1) is 0 Å². The molecule has 0 aliphatic heterocycles. The highest BCUT2D eigenvalue weighted by molar-refractivity contribution is 5.84. The molecular weight excluding hydrogens is 256 g/mol. The van der Waals surface area contributed by atoms with Crippen LogP contribution in [-0.2, 0) is 4.79 Å². The summed E-state index contributed by atoms with van der Waals surface area (Å²) in [4.78, 5) is 25.8. The van der Waals surface area contributed by atoms with Crippen molar-refractivity contribution < 1.29 is 9.90 Å². The van der Waals surface area contributed by atoms with Gasteiger partial charge in [-0.25, -0.2) is 4.79 Å². The molecule has 0 aliphatic carbocycles. The summed E-state index contributed by atoms with van der Waals surface area (Å²) in [6, 6.07) is 8.24. The minimum Gasteiger partial charge on any atom is -0.480 e. The van der Waals surface area contributed by atoms with Gasteiger partial charge in [-0.3, -0.25) is 4.79 Å². The molecule has 1 aromatic heterocycles. The third-order valence-electron chi connectivity index (χ3n) is 3.09. The lowest BCUT2D eigenvalue weighted by Crippen LogP contribution is -2.31. The lowest BCUT2D eigenvalue weighted by molar-refractivity contribution is -0.138. The van der Waals surface area contributed by atoms with Crippen molar-refractivity contribution in [1.29, 1.82) is 0 Å². The first kappa shape index (κ1) is 14.1. The average Bonchev–Trinajstić information content (AvgIpc) is 2.37. The quantitative estimate of drug-likeness (QED) is 0.782. The van der Waals surface area contributed by atoms with Gasteiger partial charge in [0.25, 0.3) is 5.56 Å². The van der Waals surface area contributed by atoms with Crippen molar-refractivity contribution in [2.75, 3.05) is 5.32 Å². The molecule has 5 nitrogen and oxygen atoms in total. The molecule has 2 rings (SSSR count). The Hall–Kier alpha value is -2.30. The Bertz CT molecular complexity index is 676. The summed E-state index contributed by atoms with van der Waals surface area (Å²) in [5, 5.41) is 13.5. The Balaban J connectivity index is 2.33. The zero-order chi connectivity index (χ0) is 14.7. The highest BCUT2D eigenvalue weighted by Crippen LogP contribution is 2.15. The van der Waals surface area contributed by atoms with Gasteiger partial charge < -0.3 is 15.4 Å². The molecule has 1 unspecified atom stereocenters. The molecule has 2 aromatic rings. The van der Waals surface area contributed by atoms with Gasteiger partial charge in [0.1, 0.15) is 11.9 Å². The second-order valence-corrected chi connectivity index (χ2v) is 5.26. The van der Waals surface area contributed by atoms with Gasteiger partial charge in [-0.15, -0.1) is 0 Å². The summed E-state index contributed by atoms with van der Waals surface area (Å²) in [6.07, 6.45) is 0.490. The number of rotatable bonds is 5. The fraction of sp³-hybridized carbons (Fsp3) is 0.333. The summed E-state index contributed by atoms with van der Waals surface area (Å²) in [5.74, 6) is -0.245. The van der Waals surface area contributed by atoms with E-state index in [0.29, 0.717) is 17.6 Å². The van der Waals surface area contributed by atoms with Crippen LogP contribution in [0.25, 0.3) is 10.8 Å². The number of H-pyrrole nitrogens is 1. The molecule has 0 radical (unpaired) electrons. The first-order valence-electron chi connectivity index (χ1n) is 6.59. The van der Waals surface area contributed by atoms with E-state index < -0.39 is 12.0 Å². The molecular formula is C15H18N2O3. The van der Waals surface area contributed by atoms with E-state index in [9.17, 15) is 14.7 Å². The first-order valence-corrected chi connectivity index (χ1v) is 6.59. The number of hydrogen-bond donors (Lipinski definition) is 3. The second-order valence-electron chi connectivity index (χ2n) is 5.26. The Kier molecular flexibility index (Phi) is 4.08. The summed E-state index contributed by atoms with van der Waals surface area (Å²) in [6.45, 7) is 3.92. The van der Waals surface area contributed by atoms with Crippen LogP contribution in [-0.4, -0.2) is 22.1 Å². The van der Waals surface area contributed by atoms with Gasteiger partial charge >= 0.3 is 5.97 Å². The number of aliphatic carboxylic acids is 1. The lowest BCUT2D eigenvalue weighted by atomic mass is 10.0. The van der Waals surface area contributed by atoms with Crippen LogP contribution in [0, 0.1) is 5.92 Å². The van der Waals surface area contributed by atoms with Crippen molar-refractivity contribution in [3.05, 3.63) is 40.7 Å². The number of carboxylic acid groups (broad SMARTS) is 1. The molecule has 0 bridgehead atoms. The third kappa shape index (κ3) is 3.17. The molecule has 0 amide bonds. The maximum Gasteiger partial charge on any atom is 0.326 e. The van der Waals surface area contributed by atoms with Gasteiger partial charge in [-0.05, 0) is 29.9 Å². The standard InChI is InChI=1S/C15H18N2O3/c1-9(2)7-12(15(19)20)16-13-8-10-5-3-4-6-11(10)14(18)17-13/h3-6,8-9,12H,7H2,1-2H3,(H,19,20)(H2,16,17,18). The van der Waals surface area contributed by atoms with Gasteiger partial charge in [0.2, 0.25) is 0 Å². The molecule has 0 aliphatic rings. The fourth-order valence-corrected chi connectivity index (χ4v) is 2.17. The Morgan fingerprint density at radius 3 is 2.70 bits per heavy atom. The molecule has 106 valence electrons. The van der Waals surface area contributed by atoms with Crippen LogP contribution in [0.1, 0.15) is 20.3 Å². The van der Waals surface area contributed by atoms with Crippen LogP contribution >= 0.6 is 0 Å². The number of anilines is 1. The number of aromatic nitrogens is 1. The Morgan fingerprint density at radius 2 is 2.05 bits per heavy atom. The molecule has 0 spiro atoms. The molecule has 1 atom stereocenters. The number of hydrogen-bond acceptors (Lipinski definition) is 3. The van der Waals surface area contributed by atoms with Crippen LogP contribution < -0.4 is 10.9 Å². The van der Waals surface area contributed by atoms with Crippen molar-refractivity contribution in [2.24, 2.45) is 5.92 Å². The molecule has 0 saturated heterocycles. The maximum atomic E-state index is 11.9. The normalized spacial score (nSPS) is 12.6. The van der Waals surface area contributed by atoms with Crippen LogP contribution in [0.4, 0.5) is 5.82 Å². The number of pyridine rings is 1. The third-order valence-corrected chi connectivity index (χ3v) is 3.09. The van der Waals surface area contributed by atoms with Crippen molar-refractivity contribution in [1.82, 2.24) is 4.98 Å². The van der Waals surface area contributed by atoms with E-state index in [1.807, 2.05) is 26.0 Å². The minimum atomic E-state index is -0.923. The molecule has 20 heavy (non-hydrogen) atoms. The molecule has 1 aromatic carbocycles. The zero-order valence-corrected chi connectivity index (χ0v) is 11.5.